The molecule has 1 aliphatic rings. The number of carbonyl (C=O) groups is 1. The second kappa shape index (κ2) is 7.00. The first-order valence-electron chi connectivity index (χ1n) is 9.00. The largest absolute Gasteiger partial charge is 0.508 e. The van der Waals surface area contributed by atoms with Crippen LogP contribution in [0.15, 0.2) is 42.5 Å². The number of aromatic hydroxyl groups is 1. The maximum atomic E-state index is 11.6. The number of hydrogen-bond donors (Lipinski definition) is 2. The summed E-state index contributed by atoms with van der Waals surface area (Å²) in [5.41, 5.74) is 3.78. The highest BCUT2D eigenvalue weighted by Gasteiger charge is 2.32. The van der Waals surface area contributed by atoms with Gasteiger partial charge in [-0.05, 0) is 48.2 Å². The van der Waals surface area contributed by atoms with Crippen LogP contribution in [0.2, 0.25) is 0 Å². The third kappa shape index (κ3) is 3.64. The number of rotatable bonds is 3. The van der Waals surface area contributed by atoms with Gasteiger partial charge in [-0.3, -0.25) is 4.79 Å². The van der Waals surface area contributed by atoms with Crippen LogP contribution in [-0.4, -0.2) is 32.0 Å². The molecular formula is C20H22N4O3. The predicted octanol–water partition coefficient (Wildman–Crippen LogP) is 2.77. The van der Waals surface area contributed by atoms with E-state index >= 15 is 0 Å². The van der Waals surface area contributed by atoms with E-state index in [0.29, 0.717) is 12.8 Å². The topological polar surface area (TPSA) is 89.3 Å². The number of fused-ring (bicyclic) bond motifs is 1. The first kappa shape index (κ1) is 17.5. The number of phenols is 1. The van der Waals surface area contributed by atoms with Gasteiger partial charge >= 0.3 is 0 Å². The van der Waals surface area contributed by atoms with Gasteiger partial charge in [0.05, 0.1) is 17.7 Å². The number of carbonyl (C=O) groups excluding carboxylic acids is 1. The fourth-order valence-electron chi connectivity index (χ4n) is 3.70. The van der Waals surface area contributed by atoms with Gasteiger partial charge in [0.15, 0.2) is 0 Å². The number of benzene rings is 2. The molecule has 0 bridgehead atoms. The van der Waals surface area contributed by atoms with Crippen molar-refractivity contribution in [3.8, 4) is 5.75 Å². The summed E-state index contributed by atoms with van der Waals surface area (Å²) in [6.07, 6.45) is 1.05. The minimum Gasteiger partial charge on any atom is -0.508 e. The monoisotopic (exact) mass is 366 g/mol. The Bertz CT molecular complexity index is 967. The quantitative estimate of drug-likeness (QED) is 0.744. The van der Waals surface area contributed by atoms with Crippen molar-refractivity contribution >= 4 is 16.9 Å². The Morgan fingerprint density at radius 1 is 1.15 bits per heavy atom. The molecule has 0 radical (unpaired) electrons. The fraction of sp³-hybridized carbons (Fsp3) is 0.350. The van der Waals surface area contributed by atoms with E-state index in [4.69, 9.17) is 4.74 Å². The Hall–Kier alpha value is -2.93. The van der Waals surface area contributed by atoms with Crippen molar-refractivity contribution in [2.24, 2.45) is 7.05 Å². The molecule has 2 aromatic carbocycles. The molecule has 2 heterocycles. The molecular weight excluding hydrogens is 344 g/mol. The van der Waals surface area contributed by atoms with Crippen molar-refractivity contribution in [2.75, 3.05) is 0 Å². The van der Waals surface area contributed by atoms with Crippen molar-refractivity contribution in [3.63, 3.8) is 0 Å². The lowest BCUT2D eigenvalue weighted by molar-refractivity contribution is -0.122. The van der Waals surface area contributed by atoms with Gasteiger partial charge in [-0.1, -0.05) is 23.4 Å². The number of phenolic OH excluding ortho intramolecular Hbond substituents is 1. The number of nitrogens with one attached hydrogen (secondary N) is 1. The Labute approximate surface area is 156 Å². The number of amides is 1. The first-order chi connectivity index (χ1) is 13.0. The summed E-state index contributed by atoms with van der Waals surface area (Å²) in [5, 5.41) is 20.8. The van der Waals surface area contributed by atoms with Gasteiger partial charge in [-0.2, -0.15) is 0 Å². The SMILES string of the molecule is CC(=O)N[C@H]1C[C@@H](c2ccc3c(c2)nnn3C)O[C@@H](c2ccc(O)cc2)C1. The van der Waals surface area contributed by atoms with Crippen LogP contribution in [0.5, 0.6) is 5.75 Å². The molecule has 7 nitrogen and oxygen atoms in total. The van der Waals surface area contributed by atoms with Crippen molar-refractivity contribution < 1.29 is 14.6 Å². The van der Waals surface area contributed by atoms with Gasteiger partial charge in [0, 0.05) is 20.0 Å². The number of aryl methyl sites for hydroxylation is 1. The van der Waals surface area contributed by atoms with Crippen LogP contribution in [0.4, 0.5) is 0 Å². The molecule has 27 heavy (non-hydrogen) atoms. The van der Waals surface area contributed by atoms with E-state index in [9.17, 15) is 9.90 Å². The van der Waals surface area contributed by atoms with Crippen molar-refractivity contribution in [2.45, 2.75) is 38.0 Å². The second-order valence-corrected chi connectivity index (χ2v) is 7.03. The van der Waals surface area contributed by atoms with E-state index in [-0.39, 0.29) is 29.9 Å². The van der Waals surface area contributed by atoms with E-state index in [0.717, 1.165) is 22.2 Å². The lowest BCUT2D eigenvalue weighted by atomic mass is 9.91. The molecule has 1 aromatic heterocycles. The van der Waals surface area contributed by atoms with Crippen LogP contribution in [0, 0.1) is 0 Å². The Balaban J connectivity index is 1.64. The Kier molecular flexibility index (Phi) is 4.53. The average Bonchev–Trinajstić information content (AvgIpc) is 3.02. The molecule has 4 rings (SSSR count). The smallest absolute Gasteiger partial charge is 0.217 e. The predicted molar refractivity (Wildman–Crippen MR) is 100 cm³/mol. The third-order valence-electron chi connectivity index (χ3n) is 5.00. The molecule has 1 fully saturated rings. The van der Waals surface area contributed by atoms with Gasteiger partial charge in [-0.15, -0.1) is 5.10 Å². The maximum Gasteiger partial charge on any atom is 0.217 e. The van der Waals surface area contributed by atoms with E-state index < -0.39 is 0 Å². The summed E-state index contributed by atoms with van der Waals surface area (Å²) in [7, 11) is 1.86. The van der Waals surface area contributed by atoms with Crippen molar-refractivity contribution in [1.82, 2.24) is 20.3 Å². The molecule has 3 atom stereocenters. The fourth-order valence-corrected chi connectivity index (χ4v) is 3.70. The molecule has 3 aromatic rings. The molecule has 140 valence electrons. The number of ether oxygens (including phenoxy) is 1. The van der Waals surface area contributed by atoms with E-state index in [1.807, 2.05) is 37.4 Å². The van der Waals surface area contributed by atoms with Crippen molar-refractivity contribution in [1.29, 1.82) is 0 Å². The summed E-state index contributed by atoms with van der Waals surface area (Å²) in [6, 6.07) is 13.1. The van der Waals surface area contributed by atoms with Gasteiger partial charge in [0.25, 0.3) is 0 Å². The van der Waals surface area contributed by atoms with Crippen LogP contribution in [-0.2, 0) is 16.6 Å². The van der Waals surface area contributed by atoms with Crippen molar-refractivity contribution in [3.05, 3.63) is 53.6 Å². The minimum atomic E-state index is -0.168. The molecule has 7 heteroatoms. The number of hydrogen-bond acceptors (Lipinski definition) is 5. The van der Waals surface area contributed by atoms with Crippen LogP contribution < -0.4 is 5.32 Å². The first-order valence-corrected chi connectivity index (χ1v) is 9.00. The van der Waals surface area contributed by atoms with Gasteiger partial charge in [0.1, 0.15) is 11.3 Å². The summed E-state index contributed by atoms with van der Waals surface area (Å²) in [4.78, 5) is 11.6. The molecule has 1 aliphatic heterocycles. The minimum absolute atomic E-state index is 0.0117. The summed E-state index contributed by atoms with van der Waals surface area (Å²) < 4.78 is 8.11. The highest BCUT2D eigenvalue weighted by atomic mass is 16.5. The number of aromatic nitrogens is 3. The maximum absolute atomic E-state index is 11.6. The van der Waals surface area contributed by atoms with Gasteiger partial charge < -0.3 is 15.2 Å². The average molecular weight is 366 g/mol. The normalized spacial score (nSPS) is 22.7. The molecule has 0 saturated carbocycles. The summed E-state index contributed by atoms with van der Waals surface area (Å²) in [6.45, 7) is 1.53. The van der Waals surface area contributed by atoms with E-state index in [1.165, 1.54) is 6.92 Å². The molecule has 0 aliphatic carbocycles. The van der Waals surface area contributed by atoms with Crippen LogP contribution >= 0.6 is 0 Å². The van der Waals surface area contributed by atoms with Gasteiger partial charge in [0.2, 0.25) is 5.91 Å². The molecule has 0 spiro atoms. The Morgan fingerprint density at radius 3 is 2.52 bits per heavy atom. The Morgan fingerprint density at radius 2 is 1.81 bits per heavy atom. The standard InChI is InChI=1S/C20H22N4O3/c1-12(25)21-15-10-19(13-3-6-16(26)7-4-13)27-20(11-15)14-5-8-18-17(9-14)22-23-24(18)2/h3-9,15,19-20,26H,10-11H2,1-2H3,(H,21,25)/t15-,19-,20+/m1/s1. The zero-order valence-electron chi connectivity index (χ0n) is 15.3. The van der Waals surface area contributed by atoms with Gasteiger partial charge in [-0.25, -0.2) is 4.68 Å². The molecule has 1 saturated heterocycles. The molecule has 2 N–H and O–H groups in total. The summed E-state index contributed by atoms with van der Waals surface area (Å²) >= 11 is 0. The lowest BCUT2D eigenvalue weighted by Crippen LogP contribution is -2.39. The lowest BCUT2D eigenvalue weighted by Gasteiger charge is -2.36. The van der Waals surface area contributed by atoms with Crippen LogP contribution in [0.1, 0.15) is 43.1 Å². The highest BCUT2D eigenvalue weighted by molar-refractivity contribution is 5.75. The number of nitrogens with zero attached hydrogens (tertiary/aromatic N) is 3. The van der Waals surface area contributed by atoms with Crippen LogP contribution in [0.25, 0.3) is 11.0 Å². The molecule has 1 amide bonds. The summed E-state index contributed by atoms with van der Waals surface area (Å²) in [5.74, 6) is 0.173. The zero-order valence-corrected chi connectivity index (χ0v) is 15.3. The highest BCUT2D eigenvalue weighted by Crippen LogP contribution is 2.39. The third-order valence-corrected chi connectivity index (χ3v) is 5.00. The second-order valence-electron chi connectivity index (χ2n) is 7.03. The zero-order chi connectivity index (χ0) is 19.0. The van der Waals surface area contributed by atoms with E-state index in [1.54, 1.807) is 16.8 Å². The van der Waals surface area contributed by atoms with Crippen LogP contribution in [0.3, 0.4) is 0 Å². The van der Waals surface area contributed by atoms with E-state index in [2.05, 4.69) is 15.6 Å². The molecule has 0 unspecified atom stereocenters.